The van der Waals surface area contributed by atoms with Crippen molar-refractivity contribution in [2.75, 3.05) is 40.8 Å². The zero-order valence-corrected chi connectivity index (χ0v) is 14.6. The number of carbonyl (C=O) groups is 1. The molecule has 124 valence electrons. The summed E-state index contributed by atoms with van der Waals surface area (Å²) in [6.45, 7) is 8.70. The Hall–Kier alpha value is -0.650. The van der Waals surface area contributed by atoms with Gasteiger partial charge in [0.05, 0.1) is 6.61 Å². The van der Waals surface area contributed by atoms with Crippen LogP contribution in [0, 0.1) is 0 Å². The van der Waals surface area contributed by atoms with E-state index >= 15 is 0 Å². The van der Waals surface area contributed by atoms with Gasteiger partial charge in [-0.2, -0.15) is 0 Å². The fraction of sp³-hybridized carbons (Fsp3) is 0.938. The van der Waals surface area contributed by atoms with Crippen molar-refractivity contribution < 1.29 is 9.53 Å². The van der Waals surface area contributed by atoms with Crippen molar-refractivity contribution in [1.82, 2.24) is 15.1 Å². The number of carbonyl (C=O) groups excluding carboxylic acids is 1. The molecule has 1 aliphatic heterocycles. The van der Waals surface area contributed by atoms with Gasteiger partial charge < -0.3 is 15.0 Å². The Balaban J connectivity index is 2.64. The number of ether oxygens (including phenoxy) is 1. The lowest BCUT2D eigenvalue weighted by Gasteiger charge is -2.41. The summed E-state index contributed by atoms with van der Waals surface area (Å²) in [5.74, 6) is -0.159. The van der Waals surface area contributed by atoms with Crippen molar-refractivity contribution in [2.45, 2.75) is 57.7 Å². The SMILES string of the molecule is CCOC(=O)C(C)(CC(C)N(C)C1CCCN(C)C1)NC. The minimum absolute atomic E-state index is 0.159. The highest BCUT2D eigenvalue weighted by atomic mass is 16.5. The Morgan fingerprint density at radius 2 is 2.24 bits per heavy atom. The second-order valence-electron chi connectivity index (χ2n) is 6.58. The van der Waals surface area contributed by atoms with Crippen LogP contribution in [-0.2, 0) is 9.53 Å². The summed E-state index contributed by atoms with van der Waals surface area (Å²) >= 11 is 0. The van der Waals surface area contributed by atoms with Crippen LogP contribution in [0.4, 0.5) is 0 Å². The van der Waals surface area contributed by atoms with Gasteiger partial charge in [0.2, 0.25) is 0 Å². The number of nitrogens with zero attached hydrogens (tertiary/aromatic N) is 2. The zero-order chi connectivity index (χ0) is 16.0. The summed E-state index contributed by atoms with van der Waals surface area (Å²) in [5, 5.41) is 3.15. The maximum Gasteiger partial charge on any atom is 0.326 e. The average Bonchev–Trinajstić information content (AvgIpc) is 2.46. The van der Waals surface area contributed by atoms with Crippen molar-refractivity contribution in [2.24, 2.45) is 0 Å². The molecular weight excluding hydrogens is 266 g/mol. The van der Waals surface area contributed by atoms with Gasteiger partial charge >= 0.3 is 5.97 Å². The molecule has 1 rings (SSSR count). The first-order chi connectivity index (χ1) is 9.84. The maximum atomic E-state index is 12.2. The molecule has 0 spiro atoms. The van der Waals surface area contributed by atoms with Gasteiger partial charge in [-0.3, -0.25) is 9.69 Å². The van der Waals surface area contributed by atoms with E-state index in [1.54, 1.807) is 0 Å². The van der Waals surface area contributed by atoms with Crippen LogP contribution in [-0.4, -0.2) is 74.2 Å². The fourth-order valence-electron chi connectivity index (χ4n) is 3.14. The number of hydrogen-bond donors (Lipinski definition) is 1. The molecule has 1 saturated heterocycles. The van der Waals surface area contributed by atoms with Crippen LogP contribution >= 0.6 is 0 Å². The lowest BCUT2D eigenvalue weighted by molar-refractivity contribution is -0.151. The van der Waals surface area contributed by atoms with Crippen LogP contribution < -0.4 is 5.32 Å². The molecule has 0 amide bonds. The number of piperidine rings is 1. The first-order valence-electron chi connectivity index (χ1n) is 8.10. The molecule has 1 fully saturated rings. The van der Waals surface area contributed by atoms with Gasteiger partial charge in [0.1, 0.15) is 5.54 Å². The smallest absolute Gasteiger partial charge is 0.326 e. The van der Waals surface area contributed by atoms with Crippen LogP contribution in [0.2, 0.25) is 0 Å². The summed E-state index contributed by atoms with van der Waals surface area (Å²) in [7, 11) is 6.19. The molecular formula is C16H33N3O2. The van der Waals surface area contributed by atoms with Gasteiger partial charge in [-0.25, -0.2) is 0 Å². The third kappa shape index (κ3) is 4.94. The number of hydrogen-bond acceptors (Lipinski definition) is 5. The number of likely N-dealkylation sites (tertiary alicyclic amines) is 1. The van der Waals surface area contributed by atoms with Crippen LogP contribution in [0.15, 0.2) is 0 Å². The molecule has 0 aromatic rings. The largest absolute Gasteiger partial charge is 0.465 e. The monoisotopic (exact) mass is 299 g/mol. The van der Waals surface area contributed by atoms with E-state index in [4.69, 9.17) is 4.74 Å². The van der Waals surface area contributed by atoms with Gasteiger partial charge in [-0.15, -0.1) is 0 Å². The number of nitrogens with one attached hydrogen (secondary N) is 1. The van der Waals surface area contributed by atoms with Crippen molar-refractivity contribution in [3.8, 4) is 0 Å². The highest BCUT2D eigenvalue weighted by Crippen LogP contribution is 2.22. The predicted octanol–water partition coefficient (Wildman–Crippen LogP) is 1.33. The van der Waals surface area contributed by atoms with Crippen molar-refractivity contribution in [3.63, 3.8) is 0 Å². The topological polar surface area (TPSA) is 44.8 Å². The van der Waals surface area contributed by atoms with E-state index in [9.17, 15) is 4.79 Å². The molecule has 5 heteroatoms. The van der Waals surface area contributed by atoms with Gasteiger partial charge in [0.25, 0.3) is 0 Å². The highest BCUT2D eigenvalue weighted by Gasteiger charge is 2.36. The van der Waals surface area contributed by atoms with Crippen molar-refractivity contribution in [3.05, 3.63) is 0 Å². The van der Waals surface area contributed by atoms with E-state index < -0.39 is 5.54 Å². The first-order valence-corrected chi connectivity index (χ1v) is 8.10. The second kappa shape index (κ2) is 8.11. The van der Waals surface area contributed by atoms with Gasteiger partial charge in [0, 0.05) is 18.6 Å². The van der Waals surface area contributed by atoms with Crippen molar-refractivity contribution in [1.29, 1.82) is 0 Å². The lowest BCUT2D eigenvalue weighted by Crippen LogP contribution is -2.55. The van der Waals surface area contributed by atoms with E-state index in [-0.39, 0.29) is 5.97 Å². The molecule has 0 saturated carbocycles. The van der Waals surface area contributed by atoms with Crippen molar-refractivity contribution >= 4 is 5.97 Å². The molecule has 3 unspecified atom stereocenters. The maximum absolute atomic E-state index is 12.2. The molecule has 1 heterocycles. The summed E-state index contributed by atoms with van der Waals surface area (Å²) < 4.78 is 5.21. The normalized spacial score (nSPS) is 24.6. The molecule has 0 bridgehead atoms. The second-order valence-corrected chi connectivity index (χ2v) is 6.58. The van der Waals surface area contributed by atoms with Gasteiger partial charge in [-0.1, -0.05) is 0 Å². The summed E-state index contributed by atoms with van der Waals surface area (Å²) in [6.07, 6.45) is 3.24. The summed E-state index contributed by atoms with van der Waals surface area (Å²) in [5.41, 5.74) is -0.621. The molecule has 3 atom stereocenters. The highest BCUT2D eigenvalue weighted by molar-refractivity contribution is 5.80. The molecule has 5 nitrogen and oxygen atoms in total. The minimum atomic E-state index is -0.621. The summed E-state index contributed by atoms with van der Waals surface area (Å²) in [4.78, 5) is 17.0. The third-order valence-electron chi connectivity index (χ3n) is 4.85. The van der Waals surface area contributed by atoms with E-state index in [0.29, 0.717) is 18.7 Å². The van der Waals surface area contributed by atoms with Crippen LogP contribution in [0.25, 0.3) is 0 Å². The Labute approximate surface area is 130 Å². The van der Waals surface area contributed by atoms with Gasteiger partial charge in [0.15, 0.2) is 0 Å². The Kier molecular flexibility index (Phi) is 7.10. The molecule has 0 aromatic carbocycles. The molecule has 21 heavy (non-hydrogen) atoms. The van der Waals surface area contributed by atoms with Gasteiger partial charge in [-0.05, 0) is 67.7 Å². The standard InChI is InChI=1S/C16H33N3O2/c1-7-21-15(20)16(3,17-4)11-13(2)19(6)14-9-8-10-18(5)12-14/h13-14,17H,7-12H2,1-6H3. The quantitative estimate of drug-likeness (QED) is 0.719. The average molecular weight is 299 g/mol. The minimum Gasteiger partial charge on any atom is -0.465 e. The van der Waals surface area contributed by atoms with E-state index in [0.717, 1.165) is 13.0 Å². The number of esters is 1. The molecule has 1 N–H and O–H groups in total. The third-order valence-corrected chi connectivity index (χ3v) is 4.85. The Morgan fingerprint density at radius 3 is 2.76 bits per heavy atom. The molecule has 1 aliphatic rings. The predicted molar refractivity (Wildman–Crippen MR) is 86.5 cm³/mol. The number of rotatable bonds is 7. The van der Waals surface area contributed by atoms with E-state index in [1.165, 1.54) is 19.4 Å². The zero-order valence-electron chi connectivity index (χ0n) is 14.6. The summed E-state index contributed by atoms with van der Waals surface area (Å²) in [6, 6.07) is 0.894. The molecule has 0 aromatic heterocycles. The Morgan fingerprint density at radius 1 is 1.57 bits per heavy atom. The fourth-order valence-corrected chi connectivity index (χ4v) is 3.14. The van der Waals surface area contributed by atoms with E-state index in [1.807, 2.05) is 20.9 Å². The van der Waals surface area contributed by atoms with Crippen LogP contribution in [0.1, 0.15) is 40.0 Å². The molecule has 0 radical (unpaired) electrons. The van der Waals surface area contributed by atoms with Crippen LogP contribution in [0.3, 0.4) is 0 Å². The van der Waals surface area contributed by atoms with Crippen LogP contribution in [0.5, 0.6) is 0 Å². The van der Waals surface area contributed by atoms with E-state index in [2.05, 4.69) is 36.1 Å². The lowest BCUT2D eigenvalue weighted by atomic mass is 9.92. The Bertz CT molecular complexity index is 337. The first kappa shape index (κ1) is 18.4. The number of likely N-dealkylation sites (N-methyl/N-ethyl adjacent to an activating group) is 3. The molecule has 0 aliphatic carbocycles.